The Bertz CT molecular complexity index is 775. The molecule has 9 heteroatoms. The van der Waals surface area contributed by atoms with E-state index >= 15 is 0 Å². The number of benzene rings is 1. The molecule has 1 aromatic carbocycles. The summed E-state index contributed by atoms with van der Waals surface area (Å²) in [6.07, 6.45) is 0.810. The molecule has 0 bridgehead atoms. The highest BCUT2D eigenvalue weighted by atomic mass is 19.4. The molecule has 178 valence electrons. The lowest BCUT2D eigenvalue weighted by molar-refractivity contribution is -0.150. The number of halogens is 5. The van der Waals surface area contributed by atoms with Crippen LogP contribution >= 0.6 is 0 Å². The van der Waals surface area contributed by atoms with E-state index in [1.807, 2.05) is 0 Å². The van der Waals surface area contributed by atoms with E-state index in [9.17, 15) is 31.5 Å². The van der Waals surface area contributed by atoms with Gasteiger partial charge in [0.2, 0.25) is 0 Å². The average Bonchev–Trinajstić information content (AvgIpc) is 2.71. The van der Waals surface area contributed by atoms with E-state index in [1.165, 1.54) is 0 Å². The van der Waals surface area contributed by atoms with Crippen molar-refractivity contribution in [3.63, 3.8) is 0 Å². The molecule has 0 spiro atoms. The van der Waals surface area contributed by atoms with Crippen molar-refractivity contribution in [2.75, 3.05) is 6.61 Å². The smallest absolute Gasteiger partial charge is 0.422 e. The van der Waals surface area contributed by atoms with Gasteiger partial charge >= 0.3 is 18.1 Å². The first-order chi connectivity index (χ1) is 15.1. The van der Waals surface area contributed by atoms with Crippen LogP contribution in [0, 0.1) is 11.6 Å². The molecule has 0 radical (unpaired) electrons. The number of alkyl halides is 3. The molecule has 1 fully saturated rings. The van der Waals surface area contributed by atoms with Crippen molar-refractivity contribution in [2.45, 2.75) is 76.0 Å². The molecule has 4 nitrogen and oxygen atoms in total. The summed E-state index contributed by atoms with van der Waals surface area (Å²) in [5.74, 6) is -4.29. The Labute approximate surface area is 183 Å². The molecule has 1 aliphatic rings. The van der Waals surface area contributed by atoms with Gasteiger partial charge in [-0.15, -0.1) is 0 Å². The molecule has 0 amide bonds. The van der Waals surface area contributed by atoms with Crippen LogP contribution in [0.15, 0.2) is 24.8 Å². The van der Waals surface area contributed by atoms with Crippen LogP contribution < -0.4 is 0 Å². The van der Waals surface area contributed by atoms with Crippen molar-refractivity contribution in [3.8, 4) is 0 Å². The number of unbranched alkanes of at least 4 members (excludes halogenated alkanes) is 3. The Morgan fingerprint density at radius 1 is 1.00 bits per heavy atom. The molecule has 1 saturated carbocycles. The molecule has 2 rings (SSSR count). The van der Waals surface area contributed by atoms with Crippen LogP contribution in [-0.2, 0) is 25.2 Å². The molecule has 1 aliphatic carbocycles. The monoisotopic (exact) mass is 462 g/mol. The fourth-order valence-electron chi connectivity index (χ4n) is 3.81. The van der Waals surface area contributed by atoms with E-state index in [2.05, 4.69) is 6.58 Å². The first kappa shape index (κ1) is 25.8. The summed E-state index contributed by atoms with van der Waals surface area (Å²) >= 11 is 0. The van der Waals surface area contributed by atoms with Crippen molar-refractivity contribution in [1.29, 1.82) is 0 Å². The minimum atomic E-state index is -5.09. The van der Waals surface area contributed by atoms with Crippen molar-refractivity contribution >= 4 is 11.9 Å². The third kappa shape index (κ3) is 7.91. The van der Waals surface area contributed by atoms with Gasteiger partial charge in [-0.05, 0) is 62.1 Å². The quantitative estimate of drug-likeness (QED) is 0.179. The first-order valence-electron chi connectivity index (χ1n) is 10.7. The molecule has 0 N–H and O–H groups in total. The van der Waals surface area contributed by atoms with Gasteiger partial charge in [0, 0.05) is 12.5 Å². The summed E-state index contributed by atoms with van der Waals surface area (Å²) in [6.45, 7) is 3.61. The fraction of sp³-hybridized carbons (Fsp3) is 0.565. The van der Waals surface area contributed by atoms with E-state index < -0.39 is 29.3 Å². The SMILES string of the molecule is C=CC(=O)OCCCCCCC(=O)OC1CCC(c2cc(F)c(C(F)(F)F)c(F)c2)CC1. The van der Waals surface area contributed by atoms with Gasteiger partial charge in [0.1, 0.15) is 23.3 Å². The molecule has 1 aromatic rings. The predicted octanol–water partition coefficient (Wildman–Crippen LogP) is 6.23. The second-order valence-corrected chi connectivity index (χ2v) is 7.86. The highest BCUT2D eigenvalue weighted by Gasteiger charge is 2.38. The Kier molecular flexibility index (Phi) is 9.65. The van der Waals surface area contributed by atoms with Crippen LogP contribution in [0.4, 0.5) is 22.0 Å². The minimum Gasteiger partial charge on any atom is -0.463 e. The summed E-state index contributed by atoms with van der Waals surface area (Å²) in [5, 5.41) is 0. The third-order valence-electron chi connectivity index (χ3n) is 5.48. The van der Waals surface area contributed by atoms with Gasteiger partial charge < -0.3 is 9.47 Å². The lowest BCUT2D eigenvalue weighted by Gasteiger charge is -2.29. The Morgan fingerprint density at radius 3 is 2.16 bits per heavy atom. The summed E-state index contributed by atoms with van der Waals surface area (Å²) in [5.41, 5.74) is -1.68. The normalized spacial score (nSPS) is 18.8. The van der Waals surface area contributed by atoms with E-state index in [1.54, 1.807) is 0 Å². The zero-order valence-corrected chi connectivity index (χ0v) is 17.7. The fourth-order valence-corrected chi connectivity index (χ4v) is 3.81. The summed E-state index contributed by atoms with van der Waals surface area (Å²) < 4.78 is 76.1. The van der Waals surface area contributed by atoms with Gasteiger partial charge in [0.25, 0.3) is 0 Å². The van der Waals surface area contributed by atoms with E-state index in [4.69, 9.17) is 9.47 Å². The van der Waals surface area contributed by atoms with Crippen LogP contribution in [0.5, 0.6) is 0 Å². The summed E-state index contributed by atoms with van der Waals surface area (Å²) in [4.78, 5) is 22.9. The van der Waals surface area contributed by atoms with Crippen LogP contribution in [0.2, 0.25) is 0 Å². The second kappa shape index (κ2) is 12.0. The minimum absolute atomic E-state index is 0.191. The molecular weight excluding hydrogens is 435 g/mol. The molecule has 0 aromatic heterocycles. The summed E-state index contributed by atoms with van der Waals surface area (Å²) in [7, 11) is 0. The topological polar surface area (TPSA) is 52.6 Å². The van der Waals surface area contributed by atoms with E-state index in [0.29, 0.717) is 45.1 Å². The third-order valence-corrected chi connectivity index (χ3v) is 5.48. The van der Waals surface area contributed by atoms with Gasteiger partial charge in [-0.3, -0.25) is 4.79 Å². The average molecular weight is 462 g/mol. The maximum atomic E-state index is 13.8. The maximum absolute atomic E-state index is 13.8. The second-order valence-electron chi connectivity index (χ2n) is 7.86. The van der Waals surface area contributed by atoms with Gasteiger partial charge in [0.15, 0.2) is 0 Å². The number of carbonyl (C=O) groups excluding carboxylic acids is 2. The highest BCUT2D eigenvalue weighted by Crippen LogP contribution is 2.39. The van der Waals surface area contributed by atoms with Crippen molar-refractivity contribution in [2.24, 2.45) is 0 Å². The van der Waals surface area contributed by atoms with Crippen LogP contribution in [0.1, 0.15) is 74.8 Å². The van der Waals surface area contributed by atoms with Crippen LogP contribution in [0.3, 0.4) is 0 Å². The van der Waals surface area contributed by atoms with Crippen LogP contribution in [-0.4, -0.2) is 24.6 Å². The molecular formula is C23H27F5O4. The van der Waals surface area contributed by atoms with E-state index in [-0.39, 0.29) is 30.0 Å². The van der Waals surface area contributed by atoms with Crippen LogP contribution in [0.25, 0.3) is 0 Å². The molecule has 0 atom stereocenters. The number of ether oxygens (including phenoxy) is 2. The van der Waals surface area contributed by atoms with Crippen molar-refractivity contribution < 1.29 is 41.0 Å². The van der Waals surface area contributed by atoms with Gasteiger partial charge in [-0.25, -0.2) is 13.6 Å². The Morgan fingerprint density at radius 2 is 1.59 bits per heavy atom. The van der Waals surface area contributed by atoms with Crippen molar-refractivity contribution in [3.05, 3.63) is 47.5 Å². The first-order valence-corrected chi connectivity index (χ1v) is 10.7. The molecule has 0 saturated heterocycles. The van der Waals surface area contributed by atoms with Crippen molar-refractivity contribution in [1.82, 2.24) is 0 Å². The molecule has 32 heavy (non-hydrogen) atoms. The molecule has 0 unspecified atom stereocenters. The standard InChI is InChI=1S/C23H27F5O4/c1-2-20(29)31-12-6-4-3-5-7-21(30)32-17-10-8-15(9-11-17)16-13-18(24)22(19(25)14-16)23(26,27)28/h2,13-15,17H,1,3-12H2. The summed E-state index contributed by atoms with van der Waals surface area (Å²) in [6, 6.07) is 1.50. The molecule has 0 heterocycles. The zero-order chi connectivity index (χ0) is 23.7. The van der Waals surface area contributed by atoms with Gasteiger partial charge in [0.05, 0.1) is 6.61 Å². The number of hydrogen-bond donors (Lipinski definition) is 0. The number of carbonyl (C=O) groups is 2. The lowest BCUT2D eigenvalue weighted by atomic mass is 9.82. The Hall–Kier alpha value is -2.45. The van der Waals surface area contributed by atoms with E-state index in [0.717, 1.165) is 31.1 Å². The maximum Gasteiger partial charge on any atom is 0.422 e. The Balaban J connectivity index is 1.69. The number of hydrogen-bond acceptors (Lipinski definition) is 4. The number of esters is 2. The predicted molar refractivity (Wildman–Crippen MR) is 107 cm³/mol. The van der Waals surface area contributed by atoms with Gasteiger partial charge in [-0.2, -0.15) is 13.2 Å². The lowest BCUT2D eigenvalue weighted by Crippen LogP contribution is -2.24. The zero-order valence-electron chi connectivity index (χ0n) is 17.7. The van der Waals surface area contributed by atoms with Gasteiger partial charge in [-0.1, -0.05) is 19.4 Å². The number of rotatable bonds is 10. The highest BCUT2D eigenvalue weighted by molar-refractivity contribution is 5.81. The largest absolute Gasteiger partial charge is 0.463 e. The molecule has 0 aliphatic heterocycles.